The maximum absolute atomic E-state index is 13.1. The quantitative estimate of drug-likeness (QED) is 0.781. The Morgan fingerprint density at radius 3 is 2.81 bits per heavy atom. The fourth-order valence-corrected chi connectivity index (χ4v) is 3.36. The molecule has 0 radical (unpaired) electrons. The molecule has 1 amide bonds. The molecule has 0 saturated carbocycles. The Morgan fingerprint density at radius 1 is 1.08 bits per heavy atom. The van der Waals surface area contributed by atoms with Crippen molar-refractivity contribution in [1.82, 2.24) is 29.5 Å². The minimum atomic E-state index is 0.0657. The summed E-state index contributed by atoms with van der Waals surface area (Å²) in [7, 11) is 0. The minimum absolute atomic E-state index is 0.0657. The first-order valence-electron chi connectivity index (χ1n) is 8.90. The van der Waals surface area contributed by atoms with Gasteiger partial charge in [0.15, 0.2) is 0 Å². The van der Waals surface area contributed by atoms with Gasteiger partial charge >= 0.3 is 0 Å². The topological polar surface area (TPSA) is 70.1 Å². The first-order valence-corrected chi connectivity index (χ1v) is 8.90. The second-order valence-corrected chi connectivity index (χ2v) is 6.43. The molecule has 0 aliphatic carbocycles. The van der Waals surface area contributed by atoms with E-state index in [1.54, 1.807) is 17.1 Å². The van der Waals surface area contributed by atoms with E-state index >= 15 is 0 Å². The first-order chi connectivity index (χ1) is 12.8. The lowest BCUT2D eigenvalue weighted by Gasteiger charge is -2.22. The zero-order chi connectivity index (χ0) is 17.8. The van der Waals surface area contributed by atoms with Gasteiger partial charge in [0.25, 0.3) is 5.91 Å². The van der Waals surface area contributed by atoms with Crippen LogP contribution in [0.5, 0.6) is 0 Å². The van der Waals surface area contributed by atoms with Crippen molar-refractivity contribution in [1.29, 1.82) is 0 Å². The maximum atomic E-state index is 13.1. The van der Waals surface area contributed by atoms with E-state index in [0.29, 0.717) is 12.1 Å². The van der Waals surface area contributed by atoms with Gasteiger partial charge in [0.1, 0.15) is 5.82 Å². The van der Waals surface area contributed by atoms with Crippen LogP contribution in [0.2, 0.25) is 0 Å². The maximum Gasteiger partial charge on any atom is 0.256 e. The third-order valence-electron chi connectivity index (χ3n) is 4.69. The molecule has 1 saturated heterocycles. The summed E-state index contributed by atoms with van der Waals surface area (Å²) >= 11 is 0. The molecule has 1 fully saturated rings. The number of imidazole rings is 1. The number of rotatable bonds is 4. The molecule has 1 aliphatic rings. The molecule has 134 valence electrons. The number of aromatic amines is 1. The fraction of sp³-hybridized carbons (Fsp3) is 0.316. The standard InChI is InChI=1S/C19H22N6O/c26-19(16-5-1-2-6-17(16)25-12-3-7-22-25)24-11-4-10-23(13-14-24)15-18-20-8-9-21-18/h1-3,5-9,12H,4,10-11,13-15H2,(H,20,21). The number of hydrogen-bond acceptors (Lipinski definition) is 4. The Kier molecular flexibility index (Phi) is 4.79. The van der Waals surface area contributed by atoms with Crippen molar-refractivity contribution in [3.05, 3.63) is 66.5 Å². The first kappa shape index (κ1) is 16.5. The minimum Gasteiger partial charge on any atom is -0.348 e. The number of H-pyrrole nitrogens is 1. The summed E-state index contributed by atoms with van der Waals surface area (Å²) < 4.78 is 1.74. The van der Waals surface area contributed by atoms with Crippen LogP contribution in [0.15, 0.2) is 55.1 Å². The van der Waals surface area contributed by atoms with Crippen molar-refractivity contribution in [3.8, 4) is 5.69 Å². The van der Waals surface area contributed by atoms with Crippen LogP contribution in [0, 0.1) is 0 Å². The van der Waals surface area contributed by atoms with Gasteiger partial charge < -0.3 is 9.88 Å². The van der Waals surface area contributed by atoms with Gasteiger partial charge in [-0.3, -0.25) is 9.69 Å². The van der Waals surface area contributed by atoms with Crippen LogP contribution < -0.4 is 0 Å². The molecule has 0 unspecified atom stereocenters. The molecule has 1 aliphatic heterocycles. The van der Waals surface area contributed by atoms with Crippen molar-refractivity contribution in [2.24, 2.45) is 0 Å². The largest absolute Gasteiger partial charge is 0.348 e. The molecule has 2 aromatic heterocycles. The second kappa shape index (κ2) is 7.53. The Balaban J connectivity index is 1.47. The van der Waals surface area contributed by atoms with Crippen molar-refractivity contribution in [3.63, 3.8) is 0 Å². The number of nitrogens with zero attached hydrogens (tertiary/aromatic N) is 5. The van der Waals surface area contributed by atoms with E-state index in [9.17, 15) is 4.79 Å². The van der Waals surface area contributed by atoms with E-state index in [1.807, 2.05) is 47.6 Å². The normalized spacial score (nSPS) is 15.8. The summed E-state index contributed by atoms with van der Waals surface area (Å²) in [6.45, 7) is 4.08. The number of aromatic nitrogens is 4. The van der Waals surface area contributed by atoms with Gasteiger partial charge in [-0.1, -0.05) is 12.1 Å². The molecule has 7 nitrogen and oxygen atoms in total. The third kappa shape index (κ3) is 3.52. The van der Waals surface area contributed by atoms with Crippen LogP contribution in [-0.4, -0.2) is 61.6 Å². The molecule has 4 rings (SSSR count). The molecule has 0 atom stereocenters. The number of para-hydroxylation sites is 1. The Bertz CT molecular complexity index is 843. The molecule has 26 heavy (non-hydrogen) atoms. The Hall–Kier alpha value is -2.93. The van der Waals surface area contributed by atoms with Gasteiger partial charge in [-0.15, -0.1) is 0 Å². The van der Waals surface area contributed by atoms with Crippen LogP contribution in [0.4, 0.5) is 0 Å². The summed E-state index contributed by atoms with van der Waals surface area (Å²) in [6, 6.07) is 9.51. The van der Waals surface area contributed by atoms with Crippen LogP contribution in [0.25, 0.3) is 5.69 Å². The van der Waals surface area contributed by atoms with Gasteiger partial charge in [0, 0.05) is 51.0 Å². The van der Waals surface area contributed by atoms with Gasteiger partial charge in [-0.2, -0.15) is 5.10 Å². The van der Waals surface area contributed by atoms with Gasteiger partial charge in [-0.05, 0) is 24.6 Å². The van der Waals surface area contributed by atoms with E-state index < -0.39 is 0 Å². The number of hydrogen-bond donors (Lipinski definition) is 1. The second-order valence-electron chi connectivity index (χ2n) is 6.43. The van der Waals surface area contributed by atoms with E-state index in [0.717, 1.165) is 44.1 Å². The van der Waals surface area contributed by atoms with Crippen LogP contribution >= 0.6 is 0 Å². The lowest BCUT2D eigenvalue weighted by atomic mass is 10.1. The van der Waals surface area contributed by atoms with Gasteiger partial charge in [0.2, 0.25) is 0 Å². The molecule has 7 heteroatoms. The van der Waals surface area contributed by atoms with Crippen molar-refractivity contribution < 1.29 is 4.79 Å². The van der Waals surface area contributed by atoms with E-state index in [2.05, 4.69) is 20.0 Å². The number of nitrogens with one attached hydrogen (secondary N) is 1. The number of amides is 1. The highest BCUT2D eigenvalue weighted by molar-refractivity contribution is 5.97. The number of benzene rings is 1. The lowest BCUT2D eigenvalue weighted by Crippen LogP contribution is -2.35. The zero-order valence-electron chi connectivity index (χ0n) is 14.6. The summed E-state index contributed by atoms with van der Waals surface area (Å²) in [5.74, 6) is 1.03. The molecule has 1 aromatic carbocycles. The van der Waals surface area contributed by atoms with E-state index in [-0.39, 0.29) is 5.91 Å². The highest BCUT2D eigenvalue weighted by atomic mass is 16.2. The van der Waals surface area contributed by atoms with Crippen molar-refractivity contribution >= 4 is 5.91 Å². The summed E-state index contributed by atoms with van der Waals surface area (Å²) in [5, 5.41) is 4.27. The number of carbonyl (C=O) groups excluding carboxylic acids is 1. The predicted octanol–water partition coefficient (Wildman–Crippen LogP) is 1.94. The Labute approximate surface area is 152 Å². The molecule has 3 aromatic rings. The van der Waals surface area contributed by atoms with Gasteiger partial charge in [0.05, 0.1) is 17.8 Å². The smallest absolute Gasteiger partial charge is 0.256 e. The predicted molar refractivity (Wildman–Crippen MR) is 97.9 cm³/mol. The van der Waals surface area contributed by atoms with Crippen LogP contribution in [-0.2, 0) is 6.54 Å². The molecule has 3 heterocycles. The summed E-state index contributed by atoms with van der Waals surface area (Å²) in [6.07, 6.45) is 8.15. The van der Waals surface area contributed by atoms with Crippen molar-refractivity contribution in [2.45, 2.75) is 13.0 Å². The lowest BCUT2D eigenvalue weighted by molar-refractivity contribution is 0.0761. The fourth-order valence-electron chi connectivity index (χ4n) is 3.36. The molecule has 0 bridgehead atoms. The van der Waals surface area contributed by atoms with E-state index in [4.69, 9.17) is 0 Å². The van der Waals surface area contributed by atoms with Crippen LogP contribution in [0.1, 0.15) is 22.6 Å². The van der Waals surface area contributed by atoms with Gasteiger partial charge in [-0.25, -0.2) is 9.67 Å². The average molecular weight is 350 g/mol. The Morgan fingerprint density at radius 2 is 2.00 bits per heavy atom. The SMILES string of the molecule is O=C(c1ccccc1-n1cccn1)N1CCCN(Cc2ncc[nH]2)CC1. The zero-order valence-corrected chi connectivity index (χ0v) is 14.6. The van der Waals surface area contributed by atoms with Crippen molar-refractivity contribution in [2.75, 3.05) is 26.2 Å². The number of carbonyl (C=O) groups is 1. The third-order valence-corrected chi connectivity index (χ3v) is 4.69. The summed E-state index contributed by atoms with van der Waals surface area (Å²) in [5.41, 5.74) is 1.51. The highest BCUT2D eigenvalue weighted by Crippen LogP contribution is 2.17. The monoisotopic (exact) mass is 350 g/mol. The average Bonchev–Trinajstić information content (AvgIpc) is 3.33. The molecule has 1 N–H and O–H groups in total. The molecular weight excluding hydrogens is 328 g/mol. The summed E-state index contributed by atoms with van der Waals surface area (Å²) in [4.78, 5) is 24.9. The van der Waals surface area contributed by atoms with Crippen LogP contribution in [0.3, 0.4) is 0 Å². The highest BCUT2D eigenvalue weighted by Gasteiger charge is 2.23. The molecular formula is C19H22N6O. The van der Waals surface area contributed by atoms with E-state index in [1.165, 1.54) is 0 Å². The molecule has 0 spiro atoms.